The van der Waals surface area contributed by atoms with Crippen molar-refractivity contribution in [3.63, 3.8) is 0 Å². The first kappa shape index (κ1) is 27.3. The number of benzene rings is 2. The molecule has 0 fully saturated rings. The van der Waals surface area contributed by atoms with Gasteiger partial charge in [-0.3, -0.25) is 9.59 Å². The van der Waals surface area contributed by atoms with Crippen LogP contribution in [0.2, 0.25) is 0 Å². The molecule has 1 unspecified atom stereocenters. The largest absolute Gasteiger partial charge is 0.497 e. The molecule has 0 aliphatic rings. The van der Waals surface area contributed by atoms with Gasteiger partial charge < -0.3 is 19.9 Å². The second-order valence-electron chi connectivity index (χ2n) is 9.12. The van der Waals surface area contributed by atoms with Gasteiger partial charge in [-0.25, -0.2) is 0 Å². The number of thioether (sulfide) groups is 1. The Morgan fingerprint density at radius 2 is 1.67 bits per heavy atom. The lowest BCUT2D eigenvalue weighted by molar-refractivity contribution is -0.113. The molecule has 1 atom stereocenters. The number of amides is 2. The van der Waals surface area contributed by atoms with E-state index in [0.29, 0.717) is 34.8 Å². The van der Waals surface area contributed by atoms with Crippen molar-refractivity contribution in [2.75, 3.05) is 18.2 Å². The Morgan fingerprint density at radius 1 is 1.00 bits per heavy atom. The standard InChI is InChI=1S/C27H35N5O3S/c1-7-32-25(24(18(4)5)29-26(34)20-10-14-22(35-6)15-11-20)30-31-27(32)36-16-23(33)28-21-12-8-19(9-13-21)17(2)3/h8-15,17-18,24H,7,16H2,1-6H3,(H,28,33)(H,29,34). The number of aromatic nitrogens is 3. The van der Waals surface area contributed by atoms with E-state index in [-0.39, 0.29) is 29.5 Å². The van der Waals surface area contributed by atoms with E-state index in [4.69, 9.17) is 4.74 Å². The summed E-state index contributed by atoms with van der Waals surface area (Å²) in [4.78, 5) is 25.5. The van der Waals surface area contributed by atoms with Gasteiger partial charge in [0.15, 0.2) is 11.0 Å². The Balaban J connectivity index is 1.67. The maximum atomic E-state index is 12.9. The lowest BCUT2D eigenvalue weighted by Crippen LogP contribution is -2.33. The summed E-state index contributed by atoms with van der Waals surface area (Å²) in [5, 5.41) is 15.4. The average molecular weight is 510 g/mol. The maximum Gasteiger partial charge on any atom is 0.251 e. The molecule has 0 spiro atoms. The molecular formula is C27H35N5O3S. The van der Waals surface area contributed by atoms with Gasteiger partial charge in [-0.05, 0) is 60.7 Å². The van der Waals surface area contributed by atoms with E-state index in [0.717, 1.165) is 5.69 Å². The summed E-state index contributed by atoms with van der Waals surface area (Å²) in [6.45, 7) is 10.9. The molecule has 0 radical (unpaired) electrons. The summed E-state index contributed by atoms with van der Waals surface area (Å²) in [5.74, 6) is 1.77. The van der Waals surface area contributed by atoms with Crippen LogP contribution in [0.5, 0.6) is 5.75 Å². The second kappa shape index (κ2) is 12.6. The van der Waals surface area contributed by atoms with E-state index in [1.165, 1.54) is 17.3 Å². The van der Waals surface area contributed by atoms with Gasteiger partial charge in [0.1, 0.15) is 5.75 Å². The molecule has 2 aromatic carbocycles. The quantitative estimate of drug-likeness (QED) is 0.341. The third kappa shape index (κ3) is 6.87. The first-order valence-electron chi connectivity index (χ1n) is 12.1. The highest BCUT2D eigenvalue weighted by molar-refractivity contribution is 7.99. The van der Waals surface area contributed by atoms with E-state index in [9.17, 15) is 9.59 Å². The van der Waals surface area contributed by atoms with Crippen LogP contribution < -0.4 is 15.4 Å². The number of carbonyl (C=O) groups excluding carboxylic acids is 2. The van der Waals surface area contributed by atoms with Crippen LogP contribution in [0, 0.1) is 5.92 Å². The van der Waals surface area contributed by atoms with E-state index >= 15 is 0 Å². The summed E-state index contributed by atoms with van der Waals surface area (Å²) in [6.07, 6.45) is 0. The Morgan fingerprint density at radius 3 is 2.22 bits per heavy atom. The Kier molecular flexibility index (Phi) is 9.52. The zero-order valence-corrected chi connectivity index (χ0v) is 22.6. The highest BCUT2D eigenvalue weighted by Crippen LogP contribution is 2.26. The van der Waals surface area contributed by atoms with Gasteiger partial charge in [-0.2, -0.15) is 0 Å². The molecular weight excluding hydrogens is 474 g/mol. The van der Waals surface area contributed by atoms with Crippen molar-refractivity contribution in [1.82, 2.24) is 20.1 Å². The summed E-state index contributed by atoms with van der Waals surface area (Å²) in [6, 6.07) is 14.5. The van der Waals surface area contributed by atoms with E-state index in [2.05, 4.69) is 34.7 Å². The van der Waals surface area contributed by atoms with Crippen molar-refractivity contribution in [2.24, 2.45) is 5.92 Å². The normalized spacial score (nSPS) is 12.0. The van der Waals surface area contributed by atoms with Crippen molar-refractivity contribution in [1.29, 1.82) is 0 Å². The number of hydrogen-bond donors (Lipinski definition) is 2. The Labute approximate surface area is 217 Å². The predicted molar refractivity (Wildman–Crippen MR) is 144 cm³/mol. The molecule has 2 amide bonds. The van der Waals surface area contributed by atoms with Crippen LogP contribution in [-0.4, -0.2) is 39.4 Å². The zero-order chi connectivity index (χ0) is 26.2. The van der Waals surface area contributed by atoms with Gasteiger partial charge in [-0.1, -0.05) is 51.6 Å². The van der Waals surface area contributed by atoms with Crippen molar-refractivity contribution in [3.05, 3.63) is 65.5 Å². The minimum Gasteiger partial charge on any atom is -0.497 e. The van der Waals surface area contributed by atoms with Crippen LogP contribution in [0.3, 0.4) is 0 Å². The number of carbonyl (C=O) groups is 2. The van der Waals surface area contributed by atoms with Crippen LogP contribution in [0.15, 0.2) is 53.7 Å². The summed E-state index contributed by atoms with van der Waals surface area (Å²) in [7, 11) is 1.59. The Hall–Kier alpha value is -3.33. The number of nitrogens with one attached hydrogen (secondary N) is 2. The third-order valence-corrected chi connectivity index (χ3v) is 6.81. The lowest BCUT2D eigenvalue weighted by atomic mass is 10.0. The van der Waals surface area contributed by atoms with Gasteiger partial charge >= 0.3 is 0 Å². The van der Waals surface area contributed by atoms with Gasteiger partial charge in [0, 0.05) is 17.8 Å². The fourth-order valence-corrected chi connectivity index (χ4v) is 4.52. The van der Waals surface area contributed by atoms with Crippen molar-refractivity contribution in [3.8, 4) is 5.75 Å². The number of anilines is 1. The van der Waals surface area contributed by atoms with E-state index in [1.807, 2.05) is 49.6 Å². The first-order valence-corrected chi connectivity index (χ1v) is 13.1. The molecule has 0 bridgehead atoms. The highest BCUT2D eigenvalue weighted by atomic mass is 32.2. The number of hydrogen-bond acceptors (Lipinski definition) is 6. The minimum atomic E-state index is -0.338. The maximum absolute atomic E-state index is 12.9. The molecule has 2 N–H and O–H groups in total. The van der Waals surface area contributed by atoms with Crippen LogP contribution in [-0.2, 0) is 11.3 Å². The van der Waals surface area contributed by atoms with Gasteiger partial charge in [-0.15, -0.1) is 10.2 Å². The number of nitrogens with zero attached hydrogens (tertiary/aromatic N) is 3. The van der Waals surface area contributed by atoms with Crippen molar-refractivity contribution in [2.45, 2.75) is 58.3 Å². The molecule has 0 saturated heterocycles. The predicted octanol–water partition coefficient (Wildman–Crippen LogP) is 5.29. The molecule has 192 valence electrons. The van der Waals surface area contributed by atoms with Crippen molar-refractivity contribution >= 4 is 29.3 Å². The molecule has 0 aliphatic heterocycles. The zero-order valence-electron chi connectivity index (χ0n) is 21.7. The van der Waals surface area contributed by atoms with Gasteiger partial charge in [0.2, 0.25) is 5.91 Å². The molecule has 8 nitrogen and oxygen atoms in total. The molecule has 3 aromatic rings. The van der Waals surface area contributed by atoms with Crippen molar-refractivity contribution < 1.29 is 14.3 Å². The second-order valence-corrected chi connectivity index (χ2v) is 10.1. The van der Waals surface area contributed by atoms with E-state index < -0.39 is 0 Å². The third-order valence-electron chi connectivity index (χ3n) is 5.84. The fourth-order valence-electron chi connectivity index (χ4n) is 3.71. The van der Waals surface area contributed by atoms with Crippen LogP contribution in [0.25, 0.3) is 0 Å². The number of rotatable bonds is 11. The van der Waals surface area contributed by atoms with Crippen LogP contribution >= 0.6 is 11.8 Å². The first-order chi connectivity index (χ1) is 17.2. The molecule has 9 heteroatoms. The molecule has 3 rings (SSSR count). The van der Waals surface area contributed by atoms with Crippen LogP contribution in [0.1, 0.15) is 68.3 Å². The topological polar surface area (TPSA) is 98.1 Å². The molecule has 1 heterocycles. The minimum absolute atomic E-state index is 0.0802. The fraction of sp³-hybridized carbons (Fsp3) is 0.407. The smallest absolute Gasteiger partial charge is 0.251 e. The molecule has 0 aliphatic carbocycles. The summed E-state index contributed by atoms with van der Waals surface area (Å²) in [5.41, 5.74) is 2.53. The summed E-state index contributed by atoms with van der Waals surface area (Å²) < 4.78 is 7.13. The summed E-state index contributed by atoms with van der Waals surface area (Å²) >= 11 is 1.33. The number of methoxy groups -OCH3 is 1. The van der Waals surface area contributed by atoms with Crippen LogP contribution in [0.4, 0.5) is 5.69 Å². The van der Waals surface area contributed by atoms with Gasteiger partial charge in [0.05, 0.1) is 18.9 Å². The average Bonchev–Trinajstić information content (AvgIpc) is 3.28. The molecule has 1 aromatic heterocycles. The monoisotopic (exact) mass is 509 g/mol. The number of ether oxygens (including phenoxy) is 1. The molecule has 0 saturated carbocycles. The SMILES string of the molecule is CCn1c(SCC(=O)Nc2ccc(C(C)C)cc2)nnc1C(NC(=O)c1ccc(OC)cc1)C(C)C. The lowest BCUT2D eigenvalue weighted by Gasteiger charge is -2.22. The highest BCUT2D eigenvalue weighted by Gasteiger charge is 2.26. The Bertz CT molecular complexity index is 1160. The van der Waals surface area contributed by atoms with Gasteiger partial charge in [0.25, 0.3) is 5.91 Å². The van der Waals surface area contributed by atoms with E-state index in [1.54, 1.807) is 31.4 Å². The molecule has 36 heavy (non-hydrogen) atoms.